The third-order valence-corrected chi connectivity index (χ3v) is 6.37. The van der Waals surface area contributed by atoms with Crippen molar-refractivity contribution in [2.45, 2.75) is 31.5 Å². The SMILES string of the molecule is CCC(C)NC(=O)c1ccc2c(=O)n(C)c3nnc(SCC(=O)c4ccc(F)cc4)n3c2c1. The highest BCUT2D eigenvalue weighted by Gasteiger charge is 2.18. The lowest BCUT2D eigenvalue weighted by Crippen LogP contribution is -2.32. The maximum absolute atomic E-state index is 13.1. The number of hydrogen-bond donors (Lipinski definition) is 1. The average molecular weight is 468 g/mol. The van der Waals surface area contributed by atoms with Crippen molar-refractivity contribution in [3.8, 4) is 0 Å². The van der Waals surface area contributed by atoms with Gasteiger partial charge in [0.2, 0.25) is 5.78 Å². The van der Waals surface area contributed by atoms with Gasteiger partial charge < -0.3 is 5.32 Å². The number of ketones is 1. The molecule has 1 atom stereocenters. The molecule has 0 aliphatic rings. The number of nitrogens with zero attached hydrogens (tertiary/aromatic N) is 4. The molecule has 0 aliphatic carbocycles. The van der Waals surface area contributed by atoms with Crippen LogP contribution in [0.2, 0.25) is 0 Å². The number of thioether (sulfide) groups is 1. The fraction of sp³-hybridized carbons (Fsp3) is 0.261. The summed E-state index contributed by atoms with van der Waals surface area (Å²) in [6.07, 6.45) is 0.790. The largest absolute Gasteiger partial charge is 0.350 e. The van der Waals surface area contributed by atoms with Crippen molar-refractivity contribution < 1.29 is 14.0 Å². The van der Waals surface area contributed by atoms with Gasteiger partial charge in [-0.25, -0.2) is 4.39 Å². The Hall–Kier alpha value is -3.53. The molecule has 2 aromatic heterocycles. The van der Waals surface area contributed by atoms with E-state index >= 15 is 0 Å². The molecule has 0 saturated heterocycles. The minimum Gasteiger partial charge on any atom is -0.350 e. The minimum atomic E-state index is -0.414. The Bertz CT molecular complexity index is 1430. The molecular weight excluding hydrogens is 445 g/mol. The standard InChI is InChI=1S/C23H22FN5O3S/c1-4-13(2)25-20(31)15-7-10-17-18(11-15)29-22(28(3)21(17)32)26-27-23(29)33-12-19(30)14-5-8-16(24)9-6-14/h5-11,13H,4,12H2,1-3H3,(H,25,31). The van der Waals surface area contributed by atoms with Crippen LogP contribution in [0.1, 0.15) is 41.0 Å². The van der Waals surface area contributed by atoms with Crippen LogP contribution >= 0.6 is 11.8 Å². The number of aryl methyl sites for hydroxylation is 1. The summed E-state index contributed by atoms with van der Waals surface area (Å²) in [6, 6.07) is 10.2. The van der Waals surface area contributed by atoms with Crippen molar-refractivity contribution >= 4 is 40.1 Å². The number of aromatic nitrogens is 4. The highest BCUT2D eigenvalue weighted by molar-refractivity contribution is 7.99. The maximum Gasteiger partial charge on any atom is 0.262 e. The van der Waals surface area contributed by atoms with Gasteiger partial charge in [-0.15, -0.1) is 10.2 Å². The zero-order valence-electron chi connectivity index (χ0n) is 18.3. The number of Topliss-reactive ketones (excluding diaryl/α,β-unsaturated/α-hetero) is 1. The van der Waals surface area contributed by atoms with Crippen molar-refractivity contribution in [3.63, 3.8) is 0 Å². The number of amides is 1. The summed E-state index contributed by atoms with van der Waals surface area (Å²) in [5.74, 6) is -0.509. The number of halogens is 1. The molecular formula is C23H22FN5O3S. The van der Waals surface area contributed by atoms with Gasteiger partial charge in [0.25, 0.3) is 11.5 Å². The van der Waals surface area contributed by atoms with Crippen molar-refractivity contribution in [3.05, 3.63) is 69.8 Å². The molecule has 4 rings (SSSR count). The van der Waals surface area contributed by atoms with Gasteiger partial charge in [-0.2, -0.15) is 0 Å². The number of rotatable bonds is 7. The number of nitrogens with one attached hydrogen (secondary N) is 1. The van der Waals surface area contributed by atoms with Crippen LogP contribution in [0.15, 0.2) is 52.4 Å². The van der Waals surface area contributed by atoms with Crippen LogP contribution in [0.25, 0.3) is 16.7 Å². The zero-order valence-corrected chi connectivity index (χ0v) is 19.1. The lowest BCUT2D eigenvalue weighted by atomic mass is 10.1. The first kappa shape index (κ1) is 22.7. The molecule has 2 aromatic carbocycles. The fourth-order valence-corrected chi connectivity index (χ4v) is 4.19. The molecule has 10 heteroatoms. The molecule has 0 fully saturated rings. The summed E-state index contributed by atoms with van der Waals surface area (Å²) in [5.41, 5.74) is 1.01. The van der Waals surface area contributed by atoms with E-state index < -0.39 is 5.82 Å². The van der Waals surface area contributed by atoms with Crippen LogP contribution in [-0.4, -0.2) is 42.7 Å². The molecule has 0 spiro atoms. The first-order valence-electron chi connectivity index (χ1n) is 10.4. The van der Waals surface area contributed by atoms with E-state index in [2.05, 4.69) is 15.5 Å². The van der Waals surface area contributed by atoms with E-state index in [4.69, 9.17) is 0 Å². The van der Waals surface area contributed by atoms with Crippen LogP contribution in [0, 0.1) is 5.82 Å². The second-order valence-corrected chi connectivity index (χ2v) is 8.66. The van der Waals surface area contributed by atoms with Gasteiger partial charge in [0, 0.05) is 24.2 Å². The number of fused-ring (bicyclic) bond motifs is 3. The van der Waals surface area contributed by atoms with Crippen molar-refractivity contribution in [1.82, 2.24) is 24.5 Å². The normalized spacial score (nSPS) is 12.2. The molecule has 0 radical (unpaired) electrons. The van der Waals surface area contributed by atoms with E-state index in [1.165, 1.54) is 28.8 Å². The lowest BCUT2D eigenvalue weighted by molar-refractivity contribution is 0.0938. The van der Waals surface area contributed by atoms with E-state index in [0.29, 0.717) is 33.0 Å². The Kier molecular flexibility index (Phi) is 6.28. The van der Waals surface area contributed by atoms with Gasteiger partial charge in [0.15, 0.2) is 10.9 Å². The summed E-state index contributed by atoms with van der Waals surface area (Å²) < 4.78 is 16.2. The maximum atomic E-state index is 13.1. The Morgan fingerprint density at radius 1 is 1.12 bits per heavy atom. The third kappa shape index (κ3) is 4.38. The molecule has 4 aromatic rings. The van der Waals surface area contributed by atoms with E-state index in [0.717, 1.165) is 18.2 Å². The number of carbonyl (C=O) groups is 2. The molecule has 33 heavy (non-hydrogen) atoms. The van der Waals surface area contributed by atoms with Gasteiger partial charge in [-0.3, -0.25) is 23.4 Å². The summed E-state index contributed by atoms with van der Waals surface area (Å²) in [4.78, 5) is 38.0. The Balaban J connectivity index is 1.74. The second kappa shape index (κ2) is 9.14. The molecule has 8 nitrogen and oxygen atoms in total. The van der Waals surface area contributed by atoms with Gasteiger partial charge in [-0.05, 0) is 55.8 Å². The lowest BCUT2D eigenvalue weighted by Gasteiger charge is -2.13. The third-order valence-electron chi connectivity index (χ3n) is 5.44. The smallest absolute Gasteiger partial charge is 0.262 e. The van der Waals surface area contributed by atoms with Crippen LogP contribution in [0.5, 0.6) is 0 Å². The molecule has 0 aliphatic heterocycles. The first-order chi connectivity index (χ1) is 15.8. The Labute approximate surface area is 192 Å². The molecule has 2 heterocycles. The highest BCUT2D eigenvalue weighted by Crippen LogP contribution is 2.23. The number of hydrogen-bond acceptors (Lipinski definition) is 6. The predicted molar refractivity (Wildman–Crippen MR) is 124 cm³/mol. The van der Waals surface area contributed by atoms with Crippen molar-refractivity contribution in [1.29, 1.82) is 0 Å². The van der Waals surface area contributed by atoms with Crippen LogP contribution in [-0.2, 0) is 7.05 Å². The van der Waals surface area contributed by atoms with Gasteiger partial charge >= 0.3 is 0 Å². The summed E-state index contributed by atoms with van der Waals surface area (Å²) in [5, 5.41) is 12.0. The molecule has 0 saturated carbocycles. The topological polar surface area (TPSA) is 98.4 Å². The molecule has 1 N–H and O–H groups in total. The average Bonchev–Trinajstić information content (AvgIpc) is 3.25. The summed E-state index contributed by atoms with van der Waals surface area (Å²) >= 11 is 1.15. The van der Waals surface area contributed by atoms with Crippen molar-refractivity contribution in [2.75, 3.05) is 5.75 Å². The fourth-order valence-electron chi connectivity index (χ4n) is 3.35. The van der Waals surface area contributed by atoms with Gasteiger partial charge in [0.1, 0.15) is 5.82 Å². The molecule has 1 unspecified atom stereocenters. The zero-order chi connectivity index (χ0) is 23.7. The van der Waals surface area contributed by atoms with E-state index in [1.54, 1.807) is 29.6 Å². The Morgan fingerprint density at radius 2 is 1.82 bits per heavy atom. The molecule has 0 bridgehead atoms. The second-order valence-electron chi connectivity index (χ2n) is 7.72. The first-order valence-corrected chi connectivity index (χ1v) is 11.4. The van der Waals surface area contributed by atoms with E-state index in [-0.39, 0.29) is 29.0 Å². The summed E-state index contributed by atoms with van der Waals surface area (Å²) in [6.45, 7) is 3.89. The number of carbonyl (C=O) groups excluding carboxylic acids is 2. The van der Waals surface area contributed by atoms with E-state index in [9.17, 15) is 18.8 Å². The molecule has 170 valence electrons. The van der Waals surface area contributed by atoms with E-state index in [1.807, 2.05) is 13.8 Å². The monoisotopic (exact) mass is 467 g/mol. The Morgan fingerprint density at radius 3 is 2.52 bits per heavy atom. The number of benzene rings is 2. The van der Waals surface area contributed by atoms with Gasteiger partial charge in [0.05, 0.1) is 16.7 Å². The van der Waals surface area contributed by atoms with Crippen LogP contribution in [0.4, 0.5) is 4.39 Å². The molecule has 1 amide bonds. The minimum absolute atomic E-state index is 0.00959. The van der Waals surface area contributed by atoms with Crippen molar-refractivity contribution in [2.24, 2.45) is 7.05 Å². The summed E-state index contributed by atoms with van der Waals surface area (Å²) in [7, 11) is 1.59. The predicted octanol–water partition coefficient (Wildman–Crippen LogP) is 3.22. The quantitative estimate of drug-likeness (QED) is 0.331. The van der Waals surface area contributed by atoms with Crippen LogP contribution in [0.3, 0.4) is 0 Å². The van der Waals surface area contributed by atoms with Gasteiger partial charge in [-0.1, -0.05) is 18.7 Å². The van der Waals surface area contributed by atoms with Crippen LogP contribution < -0.4 is 10.9 Å². The highest BCUT2D eigenvalue weighted by atomic mass is 32.2.